The molecule has 98 valence electrons. The molecule has 0 aliphatic heterocycles. The second-order valence-corrected chi connectivity index (χ2v) is 4.08. The van der Waals surface area contributed by atoms with E-state index in [2.05, 4.69) is 0 Å². The Morgan fingerprint density at radius 2 is 2.00 bits per heavy atom. The van der Waals surface area contributed by atoms with Gasteiger partial charge in [-0.1, -0.05) is 30.3 Å². The van der Waals surface area contributed by atoms with Crippen LogP contribution in [0, 0.1) is 0 Å². The number of ketones is 1. The van der Waals surface area contributed by atoms with Gasteiger partial charge in [0.2, 0.25) is 0 Å². The van der Waals surface area contributed by atoms with Gasteiger partial charge < -0.3 is 5.73 Å². The maximum Gasteiger partial charge on any atom is 0.267 e. The van der Waals surface area contributed by atoms with Crippen LogP contribution >= 0.6 is 0 Å². The minimum Gasteiger partial charge on any atom is -0.314 e. The van der Waals surface area contributed by atoms with Gasteiger partial charge in [-0.15, -0.1) is 0 Å². The Bertz CT molecular complexity index is 408. The number of likely N-dealkylation sites (N-methyl/N-ethyl adjacent to an activating group) is 1. The first kappa shape index (κ1) is 14.3. The third-order valence-electron chi connectivity index (χ3n) is 2.46. The van der Waals surface area contributed by atoms with E-state index in [0.29, 0.717) is 6.54 Å². The number of carbonyl (C=O) groups excluding carboxylic acids is 2. The molecule has 1 amide bonds. The number of hydrogen-bond acceptors (Lipinski definition) is 5. The third kappa shape index (κ3) is 4.25. The first-order chi connectivity index (χ1) is 8.54. The molecule has 4 N–H and O–H groups in total. The summed E-state index contributed by atoms with van der Waals surface area (Å²) >= 11 is 0. The minimum absolute atomic E-state index is 0.0451. The number of Topliss-reactive ketones (excluding diaryl/α,β-unsaturated/α-hetero) is 1. The second kappa shape index (κ2) is 6.85. The van der Waals surface area contributed by atoms with Gasteiger partial charge in [0.1, 0.15) is 6.04 Å². The van der Waals surface area contributed by atoms with Gasteiger partial charge in [0.05, 0.1) is 6.54 Å². The highest BCUT2D eigenvalue weighted by Crippen LogP contribution is 2.02. The Morgan fingerprint density at radius 1 is 1.39 bits per heavy atom. The highest BCUT2D eigenvalue weighted by Gasteiger charge is 2.22. The number of nitrogens with zero attached hydrogens (tertiary/aromatic N) is 1. The van der Waals surface area contributed by atoms with Crippen molar-refractivity contribution in [3.63, 3.8) is 0 Å². The van der Waals surface area contributed by atoms with Crippen LogP contribution in [-0.2, 0) is 16.1 Å². The molecule has 0 saturated heterocycles. The summed E-state index contributed by atoms with van der Waals surface area (Å²) in [4.78, 5) is 24.3. The number of hydroxylamine groups is 1. The monoisotopic (exact) mass is 251 g/mol. The lowest BCUT2D eigenvalue weighted by Crippen LogP contribution is -2.48. The Labute approximate surface area is 105 Å². The fraction of sp³-hybridized carbons (Fsp3) is 0.333. The summed E-state index contributed by atoms with van der Waals surface area (Å²) in [6.45, 7) is 0.628. The lowest BCUT2D eigenvalue weighted by atomic mass is 10.1. The summed E-state index contributed by atoms with van der Waals surface area (Å²) in [5.41, 5.74) is 7.79. The van der Waals surface area contributed by atoms with Crippen molar-refractivity contribution >= 4 is 11.7 Å². The topological polar surface area (TPSA) is 95.7 Å². The van der Waals surface area contributed by atoms with Gasteiger partial charge in [0.25, 0.3) is 5.91 Å². The highest BCUT2D eigenvalue weighted by atomic mass is 16.5. The molecule has 1 rings (SSSR count). The average molecular weight is 251 g/mol. The maximum absolute atomic E-state index is 11.6. The van der Waals surface area contributed by atoms with Gasteiger partial charge in [-0.05, 0) is 12.6 Å². The molecule has 0 radical (unpaired) electrons. The molecule has 0 bridgehead atoms. The van der Waals surface area contributed by atoms with Crippen LogP contribution in [0.1, 0.15) is 5.56 Å². The summed E-state index contributed by atoms with van der Waals surface area (Å²) in [6.07, 6.45) is 0. The van der Waals surface area contributed by atoms with Crippen LogP contribution < -0.4 is 11.2 Å². The zero-order valence-electron chi connectivity index (χ0n) is 10.2. The second-order valence-electron chi connectivity index (χ2n) is 4.08. The quantitative estimate of drug-likeness (QED) is 0.360. The molecule has 1 atom stereocenters. The number of carbonyl (C=O) groups is 2. The molecule has 1 aromatic rings. The smallest absolute Gasteiger partial charge is 0.267 e. The Balaban J connectivity index is 2.47. The van der Waals surface area contributed by atoms with Crippen molar-refractivity contribution in [1.82, 2.24) is 10.4 Å². The molecule has 0 heterocycles. The van der Waals surface area contributed by atoms with Gasteiger partial charge in [0.15, 0.2) is 5.78 Å². The summed E-state index contributed by atoms with van der Waals surface area (Å²) in [5.74, 6) is -1.34. The number of nitrogens with one attached hydrogen (secondary N) is 1. The molecule has 1 aromatic carbocycles. The van der Waals surface area contributed by atoms with Crippen molar-refractivity contribution in [3.8, 4) is 0 Å². The summed E-state index contributed by atoms with van der Waals surface area (Å²) < 4.78 is 0. The van der Waals surface area contributed by atoms with Crippen LogP contribution in [0.3, 0.4) is 0 Å². The van der Waals surface area contributed by atoms with Crippen molar-refractivity contribution in [2.75, 3.05) is 13.6 Å². The van der Waals surface area contributed by atoms with Crippen LogP contribution in [0.25, 0.3) is 0 Å². The molecule has 0 saturated carbocycles. The van der Waals surface area contributed by atoms with E-state index in [4.69, 9.17) is 10.9 Å². The van der Waals surface area contributed by atoms with Crippen molar-refractivity contribution in [2.45, 2.75) is 12.6 Å². The number of benzene rings is 1. The molecule has 0 aliphatic carbocycles. The lowest BCUT2D eigenvalue weighted by Gasteiger charge is -2.17. The van der Waals surface area contributed by atoms with E-state index in [1.165, 1.54) is 5.48 Å². The van der Waals surface area contributed by atoms with Crippen LogP contribution in [0.15, 0.2) is 30.3 Å². The van der Waals surface area contributed by atoms with E-state index >= 15 is 0 Å². The van der Waals surface area contributed by atoms with Crippen LogP contribution in [0.4, 0.5) is 0 Å². The maximum atomic E-state index is 11.6. The molecule has 0 aliphatic rings. The average Bonchev–Trinajstić information content (AvgIpc) is 2.37. The number of amides is 1. The number of nitrogens with two attached hydrogens (primary N) is 1. The Hall–Kier alpha value is -1.76. The minimum atomic E-state index is -1.34. The van der Waals surface area contributed by atoms with Gasteiger partial charge >= 0.3 is 0 Å². The first-order valence-electron chi connectivity index (χ1n) is 5.49. The van der Waals surface area contributed by atoms with Crippen molar-refractivity contribution < 1.29 is 14.8 Å². The fourth-order valence-corrected chi connectivity index (χ4v) is 1.53. The van der Waals surface area contributed by atoms with Crippen molar-refractivity contribution in [1.29, 1.82) is 0 Å². The van der Waals surface area contributed by atoms with E-state index in [0.717, 1.165) is 5.56 Å². The number of rotatable bonds is 6. The van der Waals surface area contributed by atoms with E-state index in [-0.39, 0.29) is 6.54 Å². The molecule has 0 spiro atoms. The van der Waals surface area contributed by atoms with E-state index < -0.39 is 17.7 Å². The van der Waals surface area contributed by atoms with Crippen molar-refractivity contribution in [2.24, 2.45) is 5.73 Å². The van der Waals surface area contributed by atoms with Gasteiger partial charge in [-0.25, -0.2) is 5.48 Å². The number of hydrogen-bond donors (Lipinski definition) is 3. The predicted octanol–water partition coefficient (Wildman–Crippen LogP) is -0.480. The molecular weight excluding hydrogens is 234 g/mol. The fourth-order valence-electron chi connectivity index (χ4n) is 1.53. The van der Waals surface area contributed by atoms with Crippen LogP contribution in [-0.4, -0.2) is 41.4 Å². The van der Waals surface area contributed by atoms with E-state index in [9.17, 15) is 9.59 Å². The standard InChI is InChI=1S/C12H17N3O3/c1-15(7-9-5-3-2-4-6-9)8-10(16)11(13)12(17)14-18/h2-6,11,18H,7-8,13H2,1H3,(H,14,17). The normalized spacial score (nSPS) is 12.2. The highest BCUT2D eigenvalue weighted by molar-refractivity contribution is 6.05. The first-order valence-corrected chi connectivity index (χ1v) is 5.49. The SMILES string of the molecule is CN(CC(=O)C(N)C(=O)NO)Cc1ccccc1. The van der Waals surface area contributed by atoms with Gasteiger partial charge in [-0.3, -0.25) is 19.7 Å². The predicted molar refractivity (Wildman–Crippen MR) is 65.7 cm³/mol. The summed E-state index contributed by atoms with van der Waals surface area (Å²) in [6, 6.07) is 8.29. The van der Waals surface area contributed by atoms with Gasteiger partial charge in [-0.2, -0.15) is 0 Å². The molecule has 0 aromatic heterocycles. The summed E-state index contributed by atoms with van der Waals surface area (Å²) in [7, 11) is 1.76. The van der Waals surface area contributed by atoms with Gasteiger partial charge in [0, 0.05) is 6.54 Å². The van der Waals surface area contributed by atoms with Crippen molar-refractivity contribution in [3.05, 3.63) is 35.9 Å². The molecule has 6 nitrogen and oxygen atoms in total. The molecule has 1 unspecified atom stereocenters. The van der Waals surface area contributed by atoms with E-state index in [1.807, 2.05) is 30.3 Å². The largest absolute Gasteiger partial charge is 0.314 e. The molecular formula is C12H17N3O3. The third-order valence-corrected chi connectivity index (χ3v) is 2.46. The zero-order valence-corrected chi connectivity index (χ0v) is 10.2. The lowest BCUT2D eigenvalue weighted by molar-refractivity contribution is -0.136. The molecule has 18 heavy (non-hydrogen) atoms. The Morgan fingerprint density at radius 3 is 2.56 bits per heavy atom. The molecule has 6 heteroatoms. The van der Waals surface area contributed by atoms with Crippen LogP contribution in [0.2, 0.25) is 0 Å². The van der Waals surface area contributed by atoms with Crippen LogP contribution in [0.5, 0.6) is 0 Å². The van der Waals surface area contributed by atoms with E-state index in [1.54, 1.807) is 11.9 Å². The zero-order chi connectivity index (χ0) is 13.5. The molecule has 0 fully saturated rings. The summed E-state index contributed by atoms with van der Waals surface area (Å²) in [5, 5.41) is 8.38. The Kier molecular flexibility index (Phi) is 5.44.